The number of benzene rings is 1. The van der Waals surface area contributed by atoms with Crippen LogP contribution in [0, 0.1) is 6.92 Å². The molecule has 0 aliphatic heterocycles. The maximum absolute atomic E-state index is 12.0. The molecule has 0 saturated carbocycles. The molecule has 22 heavy (non-hydrogen) atoms. The summed E-state index contributed by atoms with van der Waals surface area (Å²) >= 11 is 0. The lowest BCUT2D eigenvalue weighted by atomic mass is 10.1. The van der Waals surface area contributed by atoms with Gasteiger partial charge in [-0.3, -0.25) is 9.59 Å². The normalized spacial score (nSPS) is 11.7. The van der Waals surface area contributed by atoms with Crippen molar-refractivity contribution in [1.82, 2.24) is 10.6 Å². The molecule has 0 radical (unpaired) electrons. The predicted octanol–water partition coefficient (Wildman–Crippen LogP) is 2.59. The van der Waals surface area contributed by atoms with Gasteiger partial charge in [-0.25, -0.2) is 0 Å². The van der Waals surface area contributed by atoms with Crippen LogP contribution in [0.15, 0.2) is 47.1 Å². The first-order valence-corrected chi connectivity index (χ1v) is 7.24. The molecule has 0 bridgehead atoms. The van der Waals surface area contributed by atoms with Crippen molar-refractivity contribution in [2.75, 3.05) is 6.54 Å². The van der Waals surface area contributed by atoms with Crippen LogP contribution in [0.5, 0.6) is 0 Å². The summed E-state index contributed by atoms with van der Waals surface area (Å²) < 4.78 is 5.23. The van der Waals surface area contributed by atoms with E-state index in [1.54, 1.807) is 18.4 Å². The molecule has 1 atom stereocenters. The van der Waals surface area contributed by atoms with Crippen LogP contribution in [0.4, 0.5) is 0 Å². The van der Waals surface area contributed by atoms with Crippen molar-refractivity contribution in [2.24, 2.45) is 0 Å². The lowest BCUT2D eigenvalue weighted by molar-refractivity contribution is -0.121. The van der Waals surface area contributed by atoms with Crippen molar-refractivity contribution in [1.29, 1.82) is 0 Å². The summed E-state index contributed by atoms with van der Waals surface area (Å²) in [5, 5.41) is 5.58. The summed E-state index contributed by atoms with van der Waals surface area (Å²) in [6.45, 7) is 4.03. The van der Waals surface area contributed by atoms with Crippen LogP contribution in [0.3, 0.4) is 0 Å². The van der Waals surface area contributed by atoms with Crippen molar-refractivity contribution in [3.05, 3.63) is 59.5 Å². The molecular weight excluding hydrogens is 280 g/mol. The molecule has 0 aliphatic rings. The summed E-state index contributed by atoms with van der Waals surface area (Å²) in [6.07, 6.45) is 1.79. The number of nitrogens with one attached hydrogen (secondary N) is 2. The fourth-order valence-electron chi connectivity index (χ4n) is 2.13. The fraction of sp³-hybridized carbons (Fsp3) is 0.294. The zero-order valence-corrected chi connectivity index (χ0v) is 12.8. The number of hydrogen-bond donors (Lipinski definition) is 2. The molecule has 0 spiro atoms. The minimum absolute atomic E-state index is 0.131. The first-order chi connectivity index (χ1) is 10.6. The molecule has 2 N–H and O–H groups in total. The van der Waals surface area contributed by atoms with Crippen LogP contribution in [0.2, 0.25) is 0 Å². The van der Waals surface area contributed by atoms with E-state index in [0.717, 1.165) is 5.56 Å². The number of amides is 2. The van der Waals surface area contributed by atoms with Crippen LogP contribution in [0.25, 0.3) is 0 Å². The molecule has 2 amide bonds. The zero-order chi connectivity index (χ0) is 15.9. The molecule has 0 fully saturated rings. The first-order valence-electron chi connectivity index (χ1n) is 7.24. The second kappa shape index (κ2) is 7.45. The van der Waals surface area contributed by atoms with Gasteiger partial charge in [0.1, 0.15) is 5.76 Å². The van der Waals surface area contributed by atoms with E-state index in [4.69, 9.17) is 4.42 Å². The maximum Gasteiger partial charge on any atom is 0.251 e. The van der Waals surface area contributed by atoms with Crippen molar-refractivity contribution in [2.45, 2.75) is 26.3 Å². The van der Waals surface area contributed by atoms with Gasteiger partial charge < -0.3 is 15.1 Å². The van der Waals surface area contributed by atoms with E-state index < -0.39 is 0 Å². The van der Waals surface area contributed by atoms with E-state index in [1.807, 2.05) is 38.1 Å². The van der Waals surface area contributed by atoms with E-state index in [9.17, 15) is 9.59 Å². The van der Waals surface area contributed by atoms with E-state index in [1.165, 1.54) is 0 Å². The van der Waals surface area contributed by atoms with Gasteiger partial charge >= 0.3 is 0 Å². The lowest BCUT2D eigenvalue weighted by Gasteiger charge is -2.12. The maximum atomic E-state index is 12.0. The largest absolute Gasteiger partial charge is 0.467 e. The average Bonchev–Trinajstić information content (AvgIpc) is 3.01. The van der Waals surface area contributed by atoms with Gasteiger partial charge in [-0.1, -0.05) is 18.2 Å². The summed E-state index contributed by atoms with van der Waals surface area (Å²) in [5.74, 6) is 0.413. The Balaban J connectivity index is 1.75. The second-order valence-corrected chi connectivity index (χ2v) is 5.13. The Hall–Kier alpha value is -2.56. The molecule has 1 unspecified atom stereocenters. The molecule has 1 aromatic heterocycles. The topological polar surface area (TPSA) is 71.3 Å². The fourth-order valence-corrected chi connectivity index (χ4v) is 2.13. The highest BCUT2D eigenvalue weighted by atomic mass is 16.3. The molecule has 2 rings (SSSR count). The molecule has 2 aromatic rings. The minimum atomic E-state index is -0.186. The van der Waals surface area contributed by atoms with Gasteiger partial charge in [-0.2, -0.15) is 0 Å². The van der Waals surface area contributed by atoms with Gasteiger partial charge in [0.05, 0.1) is 12.3 Å². The number of rotatable bonds is 6. The molecule has 5 nitrogen and oxygen atoms in total. The van der Waals surface area contributed by atoms with E-state index in [0.29, 0.717) is 17.9 Å². The van der Waals surface area contributed by atoms with E-state index in [2.05, 4.69) is 10.6 Å². The van der Waals surface area contributed by atoms with Crippen molar-refractivity contribution >= 4 is 11.8 Å². The highest BCUT2D eigenvalue weighted by molar-refractivity contribution is 5.95. The first kappa shape index (κ1) is 15.8. The third-order valence-corrected chi connectivity index (χ3v) is 3.37. The Morgan fingerprint density at radius 1 is 1.18 bits per heavy atom. The second-order valence-electron chi connectivity index (χ2n) is 5.13. The Bertz CT molecular complexity index is 635. The minimum Gasteiger partial charge on any atom is -0.467 e. The molecule has 1 heterocycles. The Morgan fingerprint density at radius 3 is 2.64 bits per heavy atom. The van der Waals surface area contributed by atoms with Crippen LogP contribution in [-0.2, 0) is 4.79 Å². The third kappa shape index (κ3) is 4.22. The van der Waals surface area contributed by atoms with Crippen LogP contribution in [-0.4, -0.2) is 18.4 Å². The third-order valence-electron chi connectivity index (χ3n) is 3.37. The standard InChI is InChI=1S/C17H20N2O3/c1-12-6-3-4-7-14(12)17(21)18-10-9-16(20)19-13(2)15-8-5-11-22-15/h3-8,11,13H,9-10H2,1-2H3,(H,18,21)(H,19,20). The van der Waals surface area contributed by atoms with Gasteiger partial charge in [0.15, 0.2) is 0 Å². The zero-order valence-electron chi connectivity index (χ0n) is 12.8. The number of hydrogen-bond acceptors (Lipinski definition) is 3. The van der Waals surface area contributed by atoms with Crippen molar-refractivity contribution in [3.63, 3.8) is 0 Å². The summed E-state index contributed by atoms with van der Waals surface area (Å²) in [7, 11) is 0. The van der Waals surface area contributed by atoms with Gasteiger partial charge in [0, 0.05) is 18.5 Å². The number of furan rings is 1. The van der Waals surface area contributed by atoms with Gasteiger partial charge in [-0.15, -0.1) is 0 Å². The molecule has 0 saturated heterocycles. The molecule has 0 aliphatic carbocycles. The lowest BCUT2D eigenvalue weighted by Crippen LogP contribution is -2.32. The van der Waals surface area contributed by atoms with Crippen molar-refractivity contribution < 1.29 is 14.0 Å². The Labute approximate surface area is 129 Å². The van der Waals surface area contributed by atoms with Crippen LogP contribution in [0.1, 0.15) is 41.1 Å². The van der Waals surface area contributed by atoms with Gasteiger partial charge in [0.2, 0.25) is 5.91 Å². The van der Waals surface area contributed by atoms with Crippen molar-refractivity contribution in [3.8, 4) is 0 Å². The molecular formula is C17H20N2O3. The van der Waals surface area contributed by atoms with Gasteiger partial charge in [-0.05, 0) is 37.6 Å². The average molecular weight is 300 g/mol. The van der Waals surface area contributed by atoms with Gasteiger partial charge in [0.25, 0.3) is 5.91 Å². The highest BCUT2D eigenvalue weighted by Gasteiger charge is 2.12. The van der Waals surface area contributed by atoms with E-state index in [-0.39, 0.29) is 24.3 Å². The van der Waals surface area contributed by atoms with Crippen LogP contribution < -0.4 is 10.6 Å². The quantitative estimate of drug-likeness (QED) is 0.861. The highest BCUT2D eigenvalue weighted by Crippen LogP contribution is 2.12. The number of aryl methyl sites for hydroxylation is 1. The van der Waals surface area contributed by atoms with Crippen LogP contribution >= 0.6 is 0 Å². The number of carbonyl (C=O) groups is 2. The molecule has 116 valence electrons. The summed E-state index contributed by atoms with van der Waals surface area (Å²) in [6, 6.07) is 10.8. The summed E-state index contributed by atoms with van der Waals surface area (Å²) in [4.78, 5) is 23.8. The smallest absolute Gasteiger partial charge is 0.251 e. The molecule has 1 aromatic carbocycles. The number of carbonyl (C=O) groups excluding carboxylic acids is 2. The Kier molecular flexibility index (Phi) is 5.36. The SMILES string of the molecule is Cc1ccccc1C(=O)NCCC(=O)NC(C)c1ccco1. The Morgan fingerprint density at radius 2 is 1.95 bits per heavy atom. The summed E-state index contributed by atoms with van der Waals surface area (Å²) in [5.41, 5.74) is 1.54. The predicted molar refractivity (Wildman–Crippen MR) is 83.4 cm³/mol. The van der Waals surface area contributed by atoms with E-state index >= 15 is 0 Å². The monoisotopic (exact) mass is 300 g/mol. The molecule has 5 heteroatoms.